The minimum Gasteiger partial charge on any atom is -0.396 e. The van der Waals surface area contributed by atoms with Crippen molar-refractivity contribution in [2.45, 2.75) is 25.8 Å². The molecule has 1 aliphatic rings. The summed E-state index contributed by atoms with van der Waals surface area (Å²) in [5, 5.41) is 11.5. The third-order valence-corrected chi connectivity index (χ3v) is 3.45. The van der Waals surface area contributed by atoms with Gasteiger partial charge in [0.1, 0.15) is 5.82 Å². The van der Waals surface area contributed by atoms with Crippen LogP contribution in [0.15, 0.2) is 18.3 Å². The number of pyridine rings is 1. The van der Waals surface area contributed by atoms with Gasteiger partial charge in [0.25, 0.3) is 0 Å². The molecule has 2 heterocycles. The maximum absolute atomic E-state index is 11.6. The fourth-order valence-corrected chi connectivity index (χ4v) is 2.19. The Balaban J connectivity index is 1.75. The lowest BCUT2D eigenvalue weighted by Crippen LogP contribution is -2.36. The van der Waals surface area contributed by atoms with Crippen LogP contribution in [0.2, 0.25) is 0 Å². The molecule has 1 aromatic rings. The van der Waals surface area contributed by atoms with E-state index >= 15 is 0 Å². The van der Waals surface area contributed by atoms with Crippen molar-refractivity contribution < 1.29 is 14.6 Å². The average Bonchev–Trinajstić information content (AvgIpc) is 2.54. The Morgan fingerprint density at radius 3 is 2.81 bits per heavy atom. The van der Waals surface area contributed by atoms with Crippen LogP contribution < -0.4 is 10.2 Å². The van der Waals surface area contributed by atoms with E-state index in [0.29, 0.717) is 19.4 Å². The zero-order valence-corrected chi connectivity index (χ0v) is 12.3. The molecule has 1 fully saturated rings. The smallest absolute Gasteiger partial charge is 0.220 e. The summed E-state index contributed by atoms with van der Waals surface area (Å²) < 4.78 is 5.32. The van der Waals surface area contributed by atoms with Gasteiger partial charge in [-0.05, 0) is 24.5 Å². The van der Waals surface area contributed by atoms with Crippen LogP contribution in [-0.4, -0.2) is 48.9 Å². The molecule has 1 aromatic heterocycles. The first-order chi connectivity index (χ1) is 10.3. The number of unbranched alkanes of at least 4 members (excludes halogenated alkanes) is 1. The summed E-state index contributed by atoms with van der Waals surface area (Å²) in [6.45, 7) is 3.86. The summed E-state index contributed by atoms with van der Waals surface area (Å²) in [6, 6.07) is 3.98. The van der Waals surface area contributed by atoms with Gasteiger partial charge < -0.3 is 20.1 Å². The van der Waals surface area contributed by atoms with E-state index < -0.39 is 0 Å². The number of hydrogen-bond donors (Lipinski definition) is 2. The minimum atomic E-state index is 0.0145. The maximum atomic E-state index is 11.6. The van der Waals surface area contributed by atoms with Gasteiger partial charge in [-0.15, -0.1) is 0 Å². The van der Waals surface area contributed by atoms with E-state index in [1.165, 1.54) is 0 Å². The molecule has 1 amide bonds. The van der Waals surface area contributed by atoms with Crippen molar-refractivity contribution in [1.82, 2.24) is 10.3 Å². The van der Waals surface area contributed by atoms with Gasteiger partial charge in [-0.1, -0.05) is 6.07 Å². The van der Waals surface area contributed by atoms with Gasteiger partial charge in [-0.2, -0.15) is 0 Å². The van der Waals surface area contributed by atoms with Gasteiger partial charge >= 0.3 is 0 Å². The Hall–Kier alpha value is -1.66. The Morgan fingerprint density at radius 1 is 1.33 bits per heavy atom. The zero-order chi connectivity index (χ0) is 14.9. The fraction of sp³-hybridized carbons (Fsp3) is 0.600. The number of ether oxygens (including phenoxy) is 1. The number of nitrogens with one attached hydrogen (secondary N) is 1. The van der Waals surface area contributed by atoms with E-state index in [0.717, 1.165) is 44.1 Å². The van der Waals surface area contributed by atoms with Crippen molar-refractivity contribution in [3.8, 4) is 0 Å². The second kappa shape index (κ2) is 8.59. The zero-order valence-electron chi connectivity index (χ0n) is 12.3. The summed E-state index contributed by atoms with van der Waals surface area (Å²) in [7, 11) is 0. The predicted octanol–water partition coefficient (Wildman–Crippen LogP) is 0.697. The molecular formula is C15H23N3O3. The summed E-state index contributed by atoms with van der Waals surface area (Å²) in [5.74, 6) is 0.969. The van der Waals surface area contributed by atoms with E-state index in [4.69, 9.17) is 9.84 Å². The topological polar surface area (TPSA) is 74.7 Å². The molecule has 6 nitrogen and oxygen atoms in total. The van der Waals surface area contributed by atoms with E-state index in [1.807, 2.05) is 12.1 Å². The molecule has 0 aromatic carbocycles. The van der Waals surface area contributed by atoms with Crippen molar-refractivity contribution in [3.05, 3.63) is 23.9 Å². The lowest BCUT2D eigenvalue weighted by Gasteiger charge is -2.27. The lowest BCUT2D eigenvalue weighted by atomic mass is 10.2. The molecule has 2 rings (SSSR count). The van der Waals surface area contributed by atoms with Gasteiger partial charge in [0.05, 0.1) is 13.2 Å². The van der Waals surface area contributed by atoms with Gasteiger partial charge in [0.15, 0.2) is 0 Å². The molecule has 0 bridgehead atoms. The summed E-state index contributed by atoms with van der Waals surface area (Å²) in [5.41, 5.74) is 0.988. The van der Waals surface area contributed by atoms with Crippen molar-refractivity contribution >= 4 is 11.7 Å². The van der Waals surface area contributed by atoms with E-state index in [1.54, 1.807) is 6.20 Å². The Morgan fingerprint density at radius 2 is 2.14 bits per heavy atom. The van der Waals surface area contributed by atoms with Crippen LogP contribution in [0.25, 0.3) is 0 Å². The largest absolute Gasteiger partial charge is 0.396 e. The molecule has 2 N–H and O–H groups in total. The second-order valence-corrected chi connectivity index (χ2v) is 5.08. The molecule has 1 saturated heterocycles. The van der Waals surface area contributed by atoms with Crippen molar-refractivity contribution in [2.75, 3.05) is 37.8 Å². The highest BCUT2D eigenvalue weighted by Gasteiger charge is 2.11. The lowest BCUT2D eigenvalue weighted by molar-refractivity contribution is -0.121. The molecule has 0 atom stereocenters. The summed E-state index contributed by atoms with van der Waals surface area (Å²) in [6.07, 6.45) is 3.65. The number of nitrogens with zero attached hydrogens (tertiary/aromatic N) is 2. The molecule has 0 radical (unpaired) electrons. The number of aromatic nitrogens is 1. The minimum absolute atomic E-state index is 0.0145. The number of morpholine rings is 1. The molecule has 1 aliphatic heterocycles. The van der Waals surface area contributed by atoms with Gasteiger partial charge in [0.2, 0.25) is 5.91 Å². The van der Waals surface area contributed by atoms with Gasteiger partial charge in [-0.25, -0.2) is 4.98 Å². The third kappa shape index (κ3) is 5.32. The normalized spacial score (nSPS) is 15.0. The van der Waals surface area contributed by atoms with Crippen LogP contribution >= 0.6 is 0 Å². The van der Waals surface area contributed by atoms with Crippen LogP contribution in [0.3, 0.4) is 0 Å². The van der Waals surface area contributed by atoms with Crippen molar-refractivity contribution in [1.29, 1.82) is 0 Å². The summed E-state index contributed by atoms with van der Waals surface area (Å²) in [4.78, 5) is 18.2. The number of aliphatic hydroxyl groups excluding tert-OH is 1. The number of carbonyl (C=O) groups is 1. The van der Waals surface area contributed by atoms with Crippen LogP contribution in [0.5, 0.6) is 0 Å². The van der Waals surface area contributed by atoms with E-state index in [2.05, 4.69) is 15.2 Å². The first-order valence-electron chi connectivity index (χ1n) is 7.45. The molecule has 0 aliphatic carbocycles. The molecule has 0 saturated carbocycles. The fourth-order valence-electron chi connectivity index (χ4n) is 2.19. The number of carbonyl (C=O) groups excluding carboxylic acids is 1. The first kappa shape index (κ1) is 15.7. The highest BCUT2D eigenvalue weighted by Crippen LogP contribution is 2.12. The average molecular weight is 293 g/mol. The van der Waals surface area contributed by atoms with Crippen LogP contribution in [-0.2, 0) is 16.1 Å². The van der Waals surface area contributed by atoms with E-state index in [9.17, 15) is 4.79 Å². The maximum Gasteiger partial charge on any atom is 0.220 e. The highest BCUT2D eigenvalue weighted by molar-refractivity contribution is 5.75. The number of anilines is 1. The molecule has 0 unspecified atom stereocenters. The monoisotopic (exact) mass is 293 g/mol. The van der Waals surface area contributed by atoms with Gasteiger partial charge in [-0.3, -0.25) is 4.79 Å². The van der Waals surface area contributed by atoms with E-state index in [-0.39, 0.29) is 12.5 Å². The Labute approximate surface area is 125 Å². The number of hydrogen-bond acceptors (Lipinski definition) is 5. The molecule has 0 spiro atoms. The highest BCUT2D eigenvalue weighted by atomic mass is 16.5. The van der Waals surface area contributed by atoms with Crippen LogP contribution in [0.4, 0.5) is 5.82 Å². The van der Waals surface area contributed by atoms with Crippen molar-refractivity contribution in [3.63, 3.8) is 0 Å². The van der Waals surface area contributed by atoms with Crippen molar-refractivity contribution in [2.24, 2.45) is 0 Å². The Bertz CT molecular complexity index is 430. The number of rotatable bonds is 7. The first-order valence-corrected chi connectivity index (χ1v) is 7.45. The molecular weight excluding hydrogens is 270 g/mol. The van der Waals surface area contributed by atoms with Gasteiger partial charge in [0, 0.05) is 38.9 Å². The molecule has 116 valence electrons. The standard InChI is InChI=1S/C15H23N3O3/c19-8-2-1-3-15(20)17-12-13-4-5-14(16-11-13)18-6-9-21-10-7-18/h4-5,11,19H,1-3,6-10,12H2,(H,17,20). The summed E-state index contributed by atoms with van der Waals surface area (Å²) >= 11 is 0. The predicted molar refractivity (Wildman–Crippen MR) is 80.1 cm³/mol. The SMILES string of the molecule is O=C(CCCCO)NCc1ccc(N2CCOCC2)nc1. The third-order valence-electron chi connectivity index (χ3n) is 3.45. The quantitative estimate of drug-likeness (QED) is 0.724. The second-order valence-electron chi connectivity index (χ2n) is 5.08. The van der Waals surface area contributed by atoms with Crippen LogP contribution in [0, 0.1) is 0 Å². The molecule has 21 heavy (non-hydrogen) atoms. The molecule has 6 heteroatoms. The van der Waals surface area contributed by atoms with Crippen LogP contribution in [0.1, 0.15) is 24.8 Å². The number of aliphatic hydroxyl groups is 1. The number of amides is 1. The Kier molecular flexibility index (Phi) is 6.43.